The van der Waals surface area contributed by atoms with E-state index in [-0.39, 0.29) is 5.91 Å². The van der Waals surface area contributed by atoms with Crippen molar-refractivity contribution in [3.05, 3.63) is 29.8 Å². The van der Waals surface area contributed by atoms with Crippen molar-refractivity contribution in [3.63, 3.8) is 0 Å². The van der Waals surface area contributed by atoms with Crippen molar-refractivity contribution < 1.29 is 4.79 Å². The molecule has 0 aliphatic carbocycles. The van der Waals surface area contributed by atoms with Crippen LogP contribution >= 0.6 is 11.8 Å². The lowest BCUT2D eigenvalue weighted by Gasteiger charge is -2.13. The maximum absolute atomic E-state index is 11.0. The molecule has 0 saturated carbocycles. The Morgan fingerprint density at radius 3 is 3.07 bits per heavy atom. The lowest BCUT2D eigenvalue weighted by atomic mass is 10.1. The average Bonchev–Trinajstić information content (AvgIpc) is 2.71. The molecule has 0 spiro atoms. The van der Waals surface area contributed by atoms with Crippen LogP contribution in [0.4, 0.5) is 5.69 Å². The number of primary amides is 1. The number of carbonyl (C=O) groups excluding carboxylic acids is 1. The summed E-state index contributed by atoms with van der Waals surface area (Å²) in [6, 6.07) is 7.89. The second kappa shape index (κ2) is 4.57. The molecule has 1 amide bonds. The van der Waals surface area contributed by atoms with E-state index in [0.717, 1.165) is 11.4 Å². The first-order valence-electron chi connectivity index (χ1n) is 5.00. The van der Waals surface area contributed by atoms with Gasteiger partial charge >= 0.3 is 0 Å². The van der Waals surface area contributed by atoms with Gasteiger partial charge in [-0.1, -0.05) is 6.07 Å². The zero-order chi connectivity index (χ0) is 10.7. The molecular weight excluding hydrogens is 208 g/mol. The van der Waals surface area contributed by atoms with Crippen LogP contribution in [0.3, 0.4) is 0 Å². The minimum Gasteiger partial charge on any atom is -0.381 e. The largest absolute Gasteiger partial charge is 0.381 e. The van der Waals surface area contributed by atoms with Gasteiger partial charge in [0.2, 0.25) is 5.91 Å². The van der Waals surface area contributed by atoms with E-state index in [1.165, 1.54) is 12.2 Å². The molecule has 3 nitrogen and oxygen atoms in total. The SMILES string of the molecule is NC(=O)c1cccc(NC2CCSC2)c1. The summed E-state index contributed by atoms with van der Waals surface area (Å²) in [6.45, 7) is 0. The van der Waals surface area contributed by atoms with E-state index in [4.69, 9.17) is 5.73 Å². The van der Waals surface area contributed by atoms with Gasteiger partial charge < -0.3 is 11.1 Å². The molecule has 1 heterocycles. The fourth-order valence-electron chi connectivity index (χ4n) is 1.65. The lowest BCUT2D eigenvalue weighted by Crippen LogP contribution is -2.18. The molecule has 1 aliphatic heterocycles. The van der Waals surface area contributed by atoms with Crippen molar-refractivity contribution in [2.24, 2.45) is 5.73 Å². The number of carbonyl (C=O) groups is 1. The minimum atomic E-state index is -0.376. The maximum atomic E-state index is 11.0. The summed E-state index contributed by atoms with van der Waals surface area (Å²) in [4.78, 5) is 11.0. The van der Waals surface area contributed by atoms with E-state index in [2.05, 4.69) is 5.32 Å². The van der Waals surface area contributed by atoms with Gasteiger partial charge in [-0.25, -0.2) is 0 Å². The number of benzene rings is 1. The van der Waals surface area contributed by atoms with Crippen LogP contribution in [0.5, 0.6) is 0 Å². The smallest absolute Gasteiger partial charge is 0.248 e. The van der Waals surface area contributed by atoms with Crippen molar-refractivity contribution in [3.8, 4) is 0 Å². The van der Waals surface area contributed by atoms with Gasteiger partial charge in [-0.15, -0.1) is 0 Å². The number of nitrogens with two attached hydrogens (primary N) is 1. The van der Waals surface area contributed by atoms with Crippen LogP contribution in [0.15, 0.2) is 24.3 Å². The van der Waals surface area contributed by atoms with Crippen LogP contribution in [-0.4, -0.2) is 23.5 Å². The van der Waals surface area contributed by atoms with E-state index in [9.17, 15) is 4.79 Å². The Labute approximate surface area is 93.4 Å². The predicted octanol–water partition coefficient (Wildman–Crippen LogP) is 1.70. The Hall–Kier alpha value is -1.16. The average molecular weight is 222 g/mol. The monoisotopic (exact) mass is 222 g/mol. The molecule has 1 aromatic carbocycles. The third-order valence-electron chi connectivity index (χ3n) is 2.45. The summed E-state index contributed by atoms with van der Waals surface area (Å²) in [5.41, 5.74) is 6.77. The first-order chi connectivity index (χ1) is 7.25. The number of nitrogens with one attached hydrogen (secondary N) is 1. The Bertz CT molecular complexity index is 361. The highest BCUT2D eigenvalue weighted by molar-refractivity contribution is 7.99. The Kier molecular flexibility index (Phi) is 3.16. The summed E-state index contributed by atoms with van der Waals surface area (Å²) >= 11 is 1.96. The lowest BCUT2D eigenvalue weighted by molar-refractivity contribution is 0.100. The summed E-state index contributed by atoms with van der Waals surface area (Å²) < 4.78 is 0. The number of anilines is 1. The van der Waals surface area contributed by atoms with Crippen molar-refractivity contribution in [2.75, 3.05) is 16.8 Å². The molecule has 1 aromatic rings. The third kappa shape index (κ3) is 2.65. The molecule has 1 saturated heterocycles. The molecule has 1 atom stereocenters. The van der Waals surface area contributed by atoms with Crippen molar-refractivity contribution in [1.29, 1.82) is 0 Å². The number of amides is 1. The number of hydrogen-bond acceptors (Lipinski definition) is 3. The zero-order valence-corrected chi connectivity index (χ0v) is 9.22. The summed E-state index contributed by atoms with van der Waals surface area (Å²) in [5, 5.41) is 3.41. The minimum absolute atomic E-state index is 0.376. The molecule has 0 radical (unpaired) electrons. The number of hydrogen-bond donors (Lipinski definition) is 2. The molecule has 1 unspecified atom stereocenters. The molecule has 80 valence electrons. The van der Waals surface area contributed by atoms with Gasteiger partial charge in [0.05, 0.1) is 0 Å². The molecule has 0 bridgehead atoms. The normalized spacial score (nSPS) is 20.1. The Morgan fingerprint density at radius 1 is 1.53 bits per heavy atom. The topological polar surface area (TPSA) is 55.1 Å². The van der Waals surface area contributed by atoms with Crippen molar-refractivity contribution >= 4 is 23.4 Å². The highest BCUT2D eigenvalue weighted by atomic mass is 32.2. The quantitative estimate of drug-likeness (QED) is 0.818. The Morgan fingerprint density at radius 2 is 2.40 bits per heavy atom. The van der Waals surface area contributed by atoms with Gasteiger partial charge in [0.1, 0.15) is 0 Å². The van der Waals surface area contributed by atoms with E-state index >= 15 is 0 Å². The van der Waals surface area contributed by atoms with Crippen LogP contribution in [0.1, 0.15) is 16.8 Å². The first kappa shape index (κ1) is 10.4. The second-order valence-corrected chi connectivity index (χ2v) is 4.80. The van der Waals surface area contributed by atoms with Crippen LogP contribution in [0, 0.1) is 0 Å². The fraction of sp³-hybridized carbons (Fsp3) is 0.364. The number of thioether (sulfide) groups is 1. The molecule has 1 aliphatic rings. The van der Waals surface area contributed by atoms with E-state index in [1.807, 2.05) is 30.0 Å². The van der Waals surface area contributed by atoms with Gasteiger partial charge in [0, 0.05) is 23.0 Å². The van der Waals surface area contributed by atoms with Gasteiger partial charge in [0.15, 0.2) is 0 Å². The van der Waals surface area contributed by atoms with E-state index < -0.39 is 0 Å². The highest BCUT2D eigenvalue weighted by Crippen LogP contribution is 2.21. The second-order valence-electron chi connectivity index (χ2n) is 3.65. The van der Waals surface area contributed by atoms with Gasteiger partial charge in [-0.3, -0.25) is 4.79 Å². The molecule has 0 aromatic heterocycles. The standard InChI is InChI=1S/C11H14N2OS/c12-11(14)8-2-1-3-9(6-8)13-10-4-5-15-7-10/h1-3,6,10,13H,4-5,7H2,(H2,12,14). The first-order valence-corrected chi connectivity index (χ1v) is 6.15. The third-order valence-corrected chi connectivity index (χ3v) is 3.61. The van der Waals surface area contributed by atoms with Crippen LogP contribution < -0.4 is 11.1 Å². The predicted molar refractivity (Wildman–Crippen MR) is 64.3 cm³/mol. The summed E-state index contributed by atoms with van der Waals surface area (Å²) in [5.74, 6) is 1.98. The molecule has 2 rings (SSSR count). The maximum Gasteiger partial charge on any atom is 0.248 e. The zero-order valence-electron chi connectivity index (χ0n) is 8.40. The fourth-order valence-corrected chi connectivity index (χ4v) is 2.80. The Balaban J connectivity index is 2.07. The molecule has 15 heavy (non-hydrogen) atoms. The van der Waals surface area contributed by atoms with Crippen LogP contribution in [0.2, 0.25) is 0 Å². The van der Waals surface area contributed by atoms with Crippen LogP contribution in [0.25, 0.3) is 0 Å². The summed E-state index contributed by atoms with van der Waals surface area (Å²) in [7, 11) is 0. The van der Waals surface area contributed by atoms with E-state index in [0.29, 0.717) is 11.6 Å². The van der Waals surface area contributed by atoms with Crippen LogP contribution in [-0.2, 0) is 0 Å². The van der Waals surface area contributed by atoms with E-state index in [1.54, 1.807) is 6.07 Å². The molecule has 1 fully saturated rings. The summed E-state index contributed by atoms with van der Waals surface area (Å²) in [6.07, 6.45) is 1.19. The number of rotatable bonds is 3. The molecular formula is C11H14N2OS. The van der Waals surface area contributed by atoms with Gasteiger partial charge in [-0.05, 0) is 30.4 Å². The van der Waals surface area contributed by atoms with Crippen molar-refractivity contribution in [1.82, 2.24) is 0 Å². The molecule has 3 N–H and O–H groups in total. The molecule has 4 heteroatoms. The van der Waals surface area contributed by atoms with Crippen molar-refractivity contribution in [2.45, 2.75) is 12.5 Å². The van der Waals surface area contributed by atoms with Gasteiger partial charge in [-0.2, -0.15) is 11.8 Å². The van der Waals surface area contributed by atoms with Gasteiger partial charge in [0.25, 0.3) is 0 Å². The highest BCUT2D eigenvalue weighted by Gasteiger charge is 2.15.